The van der Waals surface area contributed by atoms with Crippen LogP contribution in [0.1, 0.15) is 6.92 Å². The van der Waals surface area contributed by atoms with Crippen LogP contribution in [0.25, 0.3) is 0 Å². The van der Waals surface area contributed by atoms with Gasteiger partial charge in [0.2, 0.25) is 0 Å². The molecule has 0 saturated carbocycles. The summed E-state index contributed by atoms with van der Waals surface area (Å²) in [5, 5.41) is 11.8. The first-order valence-electron chi connectivity index (χ1n) is 7.83. The molecule has 26 heavy (non-hydrogen) atoms. The van der Waals surface area contributed by atoms with Crippen molar-refractivity contribution in [3.63, 3.8) is 0 Å². The van der Waals surface area contributed by atoms with Crippen LogP contribution in [0, 0.1) is 11.8 Å². The molecule has 2 rings (SSSR count). The van der Waals surface area contributed by atoms with Crippen LogP contribution in [-0.2, 0) is 4.79 Å². The van der Waals surface area contributed by atoms with Gasteiger partial charge in [0.1, 0.15) is 11.9 Å². The van der Waals surface area contributed by atoms with E-state index >= 15 is 0 Å². The summed E-state index contributed by atoms with van der Waals surface area (Å²) in [6.45, 7) is 0.498. The fraction of sp³-hybridized carbons (Fsp3) is 0.500. The summed E-state index contributed by atoms with van der Waals surface area (Å²) in [5.41, 5.74) is 0. The Hall–Kier alpha value is -2.16. The van der Waals surface area contributed by atoms with Crippen LogP contribution in [0.2, 0.25) is 5.02 Å². The normalized spacial score (nSPS) is 21.3. The second-order valence-electron chi connectivity index (χ2n) is 6.04. The summed E-state index contributed by atoms with van der Waals surface area (Å²) in [6, 6.07) is 5.96. The van der Waals surface area contributed by atoms with E-state index in [1.165, 1.54) is 0 Å². The number of nitrogens with one attached hydrogen (secondary N) is 1. The Kier molecular flexibility index (Phi) is 6.22. The molecule has 3 atom stereocenters. The number of carbonyl (C=O) groups is 2. The third-order valence-electron chi connectivity index (χ3n) is 4.05. The van der Waals surface area contributed by atoms with Gasteiger partial charge in [-0.05, 0) is 19.1 Å². The van der Waals surface area contributed by atoms with E-state index in [2.05, 4.69) is 5.32 Å². The molecule has 0 bridgehead atoms. The van der Waals surface area contributed by atoms with Gasteiger partial charge in [0.05, 0.1) is 23.4 Å². The number of halogens is 4. The number of para-hydroxylation sites is 1. The molecular formula is C16H18ClF3N2O4. The number of nitrogens with zero attached hydrogens (tertiary/aromatic N) is 1. The van der Waals surface area contributed by atoms with E-state index in [1.807, 2.05) is 0 Å². The number of carboxylic acid groups (broad SMARTS) is 1. The third-order valence-corrected chi connectivity index (χ3v) is 4.36. The number of aliphatic carboxylic acids is 1. The summed E-state index contributed by atoms with van der Waals surface area (Å²) in [4.78, 5) is 24.0. The Morgan fingerprint density at radius 1 is 1.38 bits per heavy atom. The number of ether oxygens (including phenoxy) is 1. The summed E-state index contributed by atoms with van der Waals surface area (Å²) >= 11 is 5.96. The molecule has 10 heteroatoms. The van der Waals surface area contributed by atoms with Crippen molar-refractivity contribution >= 4 is 23.6 Å². The summed E-state index contributed by atoms with van der Waals surface area (Å²) in [7, 11) is 0. The van der Waals surface area contributed by atoms with Crippen molar-refractivity contribution in [2.75, 3.05) is 19.6 Å². The monoisotopic (exact) mass is 394 g/mol. The summed E-state index contributed by atoms with van der Waals surface area (Å²) in [6.07, 6.45) is -5.17. The summed E-state index contributed by atoms with van der Waals surface area (Å²) in [5.74, 6) is -4.90. The maximum atomic E-state index is 12.9. The fourth-order valence-electron chi connectivity index (χ4n) is 2.69. The molecule has 1 aliphatic heterocycles. The molecule has 1 unspecified atom stereocenters. The lowest BCUT2D eigenvalue weighted by molar-refractivity contribution is -0.187. The van der Waals surface area contributed by atoms with Crippen LogP contribution in [0.4, 0.5) is 18.0 Å². The number of benzene rings is 1. The standard InChI is InChI=1S/C16H18ClF3N2O4/c1-9(26-13-5-3-2-4-12(13)17)6-21-15(25)22-7-10(14(23)24)11(8-22)16(18,19)20/h2-5,9-11H,6-8H2,1H3,(H,21,25)(H,23,24)/t9?,10-,11-/m1/s1. The van der Waals surface area contributed by atoms with Gasteiger partial charge in [0.25, 0.3) is 0 Å². The van der Waals surface area contributed by atoms with Gasteiger partial charge in [-0.2, -0.15) is 13.2 Å². The average Bonchev–Trinajstić information content (AvgIpc) is 3.01. The Labute approximate surface area is 152 Å². The molecule has 1 aromatic carbocycles. The molecule has 6 nitrogen and oxygen atoms in total. The highest BCUT2D eigenvalue weighted by molar-refractivity contribution is 6.32. The smallest absolute Gasteiger partial charge is 0.394 e. The second kappa shape index (κ2) is 8.03. The van der Waals surface area contributed by atoms with Crippen molar-refractivity contribution in [3.05, 3.63) is 29.3 Å². The highest BCUT2D eigenvalue weighted by Crippen LogP contribution is 2.37. The van der Waals surface area contributed by atoms with Gasteiger partial charge in [-0.25, -0.2) is 4.79 Å². The molecule has 1 aromatic rings. The zero-order valence-corrected chi connectivity index (χ0v) is 14.5. The predicted molar refractivity (Wildman–Crippen MR) is 87.2 cm³/mol. The number of carbonyl (C=O) groups excluding carboxylic acids is 1. The van der Waals surface area contributed by atoms with Gasteiger partial charge in [-0.15, -0.1) is 0 Å². The van der Waals surface area contributed by atoms with Crippen LogP contribution >= 0.6 is 11.6 Å². The number of likely N-dealkylation sites (tertiary alicyclic amines) is 1. The molecule has 0 radical (unpaired) electrons. The Balaban J connectivity index is 1.90. The van der Waals surface area contributed by atoms with E-state index < -0.39 is 49.2 Å². The van der Waals surface area contributed by atoms with E-state index in [1.54, 1.807) is 31.2 Å². The topological polar surface area (TPSA) is 78.9 Å². The number of alkyl halides is 3. The molecule has 1 fully saturated rings. The Bertz CT molecular complexity index is 671. The minimum atomic E-state index is -4.68. The van der Waals surface area contributed by atoms with E-state index in [0.29, 0.717) is 10.8 Å². The minimum Gasteiger partial charge on any atom is -0.487 e. The third kappa shape index (κ3) is 4.94. The van der Waals surface area contributed by atoms with Crippen LogP contribution < -0.4 is 10.1 Å². The average molecular weight is 395 g/mol. The van der Waals surface area contributed by atoms with Crippen molar-refractivity contribution in [1.29, 1.82) is 0 Å². The van der Waals surface area contributed by atoms with E-state index in [-0.39, 0.29) is 6.54 Å². The SMILES string of the molecule is CC(CNC(=O)N1C[C@@H](C(F)(F)F)[C@H](C(=O)O)C1)Oc1ccccc1Cl. The molecule has 0 aromatic heterocycles. The minimum absolute atomic E-state index is 0.0228. The number of hydrogen-bond donors (Lipinski definition) is 2. The molecule has 1 heterocycles. The lowest BCUT2D eigenvalue weighted by Gasteiger charge is -2.21. The second-order valence-corrected chi connectivity index (χ2v) is 6.45. The molecule has 0 aliphatic carbocycles. The maximum Gasteiger partial charge on any atom is 0.394 e. The lowest BCUT2D eigenvalue weighted by Crippen LogP contribution is -2.43. The number of hydrogen-bond acceptors (Lipinski definition) is 3. The maximum absolute atomic E-state index is 12.9. The first-order chi connectivity index (χ1) is 12.1. The van der Waals surface area contributed by atoms with Gasteiger partial charge >= 0.3 is 18.2 Å². The van der Waals surface area contributed by atoms with E-state index in [9.17, 15) is 22.8 Å². The molecular weight excluding hydrogens is 377 g/mol. The molecule has 1 aliphatic rings. The van der Waals surface area contributed by atoms with E-state index in [4.69, 9.17) is 21.4 Å². The Morgan fingerprint density at radius 2 is 2.04 bits per heavy atom. The van der Waals surface area contributed by atoms with Crippen LogP contribution in [0.3, 0.4) is 0 Å². The van der Waals surface area contributed by atoms with Gasteiger partial charge in [0, 0.05) is 13.1 Å². The number of carboxylic acids is 1. The van der Waals surface area contributed by atoms with Gasteiger partial charge < -0.3 is 20.1 Å². The quantitative estimate of drug-likeness (QED) is 0.804. The van der Waals surface area contributed by atoms with Crippen molar-refractivity contribution in [1.82, 2.24) is 10.2 Å². The van der Waals surface area contributed by atoms with Crippen LogP contribution in [-0.4, -0.2) is 53.9 Å². The number of rotatable bonds is 5. The lowest BCUT2D eigenvalue weighted by atomic mass is 9.96. The Morgan fingerprint density at radius 3 is 2.58 bits per heavy atom. The number of amides is 2. The van der Waals surface area contributed by atoms with Crippen molar-refractivity contribution < 1.29 is 32.6 Å². The number of urea groups is 1. The van der Waals surface area contributed by atoms with Crippen LogP contribution in [0.15, 0.2) is 24.3 Å². The first kappa shape index (κ1) is 20.2. The van der Waals surface area contributed by atoms with Crippen molar-refractivity contribution in [2.45, 2.75) is 19.2 Å². The molecule has 2 N–H and O–H groups in total. The van der Waals surface area contributed by atoms with Gasteiger partial charge in [0.15, 0.2) is 0 Å². The zero-order valence-electron chi connectivity index (χ0n) is 13.8. The van der Waals surface area contributed by atoms with Gasteiger partial charge in [-0.3, -0.25) is 4.79 Å². The van der Waals surface area contributed by atoms with Gasteiger partial charge in [-0.1, -0.05) is 23.7 Å². The molecule has 1 saturated heterocycles. The van der Waals surface area contributed by atoms with Crippen LogP contribution in [0.5, 0.6) is 5.75 Å². The largest absolute Gasteiger partial charge is 0.487 e. The highest BCUT2D eigenvalue weighted by Gasteiger charge is 2.53. The fourth-order valence-corrected chi connectivity index (χ4v) is 2.87. The summed E-state index contributed by atoms with van der Waals surface area (Å²) < 4.78 is 44.4. The van der Waals surface area contributed by atoms with E-state index in [0.717, 1.165) is 4.90 Å². The molecule has 144 valence electrons. The first-order valence-corrected chi connectivity index (χ1v) is 8.21. The van der Waals surface area contributed by atoms with Crippen molar-refractivity contribution in [2.24, 2.45) is 11.8 Å². The zero-order chi connectivity index (χ0) is 19.5. The highest BCUT2D eigenvalue weighted by atomic mass is 35.5. The van der Waals surface area contributed by atoms with Crippen molar-refractivity contribution in [3.8, 4) is 5.75 Å². The molecule has 2 amide bonds. The molecule has 0 spiro atoms. The predicted octanol–water partition coefficient (Wildman–Crippen LogP) is 3.01.